The molecule has 0 aliphatic rings. The fourth-order valence-electron chi connectivity index (χ4n) is 2.14. The number of aliphatic hydroxyl groups is 1. The summed E-state index contributed by atoms with van der Waals surface area (Å²) in [6.45, 7) is 6.51. The number of aliphatic hydroxyl groups excluding tert-OH is 1. The maximum Gasteiger partial charge on any atom is 0.105 e. The Hall–Kier alpha value is -0.940. The Morgan fingerprint density at radius 3 is 2.33 bits per heavy atom. The molecule has 1 aromatic carbocycles. The second-order valence-electron chi connectivity index (χ2n) is 5.39. The predicted octanol–water partition coefficient (Wildman–Crippen LogP) is 2.81. The van der Waals surface area contributed by atoms with Crippen LogP contribution in [0.4, 0.5) is 0 Å². The second-order valence-corrected chi connectivity index (χ2v) is 5.39. The molecule has 0 aliphatic carbocycles. The van der Waals surface area contributed by atoms with Gasteiger partial charge < -0.3 is 19.3 Å². The SMILES string of the molecule is COCCCOCCOC(C(C)C)C(O)c1ccccc1. The number of methoxy groups -OCH3 is 1. The van der Waals surface area contributed by atoms with Crippen LogP contribution in [0.2, 0.25) is 0 Å². The second kappa shape index (κ2) is 10.7. The highest BCUT2D eigenvalue weighted by Gasteiger charge is 2.24. The standard InChI is InChI=1S/C17H28O4/c1-14(2)17(16(18)15-8-5-4-6-9-15)21-13-12-20-11-7-10-19-3/h4-6,8-9,14,16-18H,7,10-13H2,1-3H3. The van der Waals surface area contributed by atoms with Gasteiger partial charge in [0.1, 0.15) is 6.10 Å². The Balaban J connectivity index is 2.33. The molecule has 1 rings (SSSR count). The molecule has 4 nitrogen and oxygen atoms in total. The third-order valence-electron chi connectivity index (χ3n) is 3.28. The van der Waals surface area contributed by atoms with Crippen LogP contribution in [0.5, 0.6) is 0 Å². The first-order valence-electron chi connectivity index (χ1n) is 7.58. The molecule has 120 valence electrons. The van der Waals surface area contributed by atoms with Gasteiger partial charge in [-0.05, 0) is 17.9 Å². The Bertz CT molecular complexity index is 353. The first-order chi connectivity index (χ1) is 10.2. The van der Waals surface area contributed by atoms with Gasteiger partial charge in [-0.3, -0.25) is 0 Å². The van der Waals surface area contributed by atoms with Crippen molar-refractivity contribution in [3.8, 4) is 0 Å². The van der Waals surface area contributed by atoms with Crippen molar-refractivity contribution in [3.05, 3.63) is 35.9 Å². The summed E-state index contributed by atoms with van der Waals surface area (Å²) in [7, 11) is 1.68. The average Bonchev–Trinajstić information content (AvgIpc) is 2.50. The lowest BCUT2D eigenvalue weighted by molar-refractivity contribution is -0.0787. The quantitative estimate of drug-likeness (QED) is 0.638. The van der Waals surface area contributed by atoms with Crippen LogP contribution in [0.25, 0.3) is 0 Å². The van der Waals surface area contributed by atoms with E-state index in [4.69, 9.17) is 14.2 Å². The number of ether oxygens (including phenoxy) is 3. The van der Waals surface area contributed by atoms with Gasteiger partial charge in [0.2, 0.25) is 0 Å². The lowest BCUT2D eigenvalue weighted by Crippen LogP contribution is -2.29. The van der Waals surface area contributed by atoms with Gasteiger partial charge >= 0.3 is 0 Å². The zero-order chi connectivity index (χ0) is 15.5. The van der Waals surface area contributed by atoms with E-state index in [9.17, 15) is 5.11 Å². The number of hydrogen-bond donors (Lipinski definition) is 1. The highest BCUT2D eigenvalue weighted by Crippen LogP contribution is 2.24. The van der Waals surface area contributed by atoms with Gasteiger partial charge in [-0.15, -0.1) is 0 Å². The van der Waals surface area contributed by atoms with E-state index in [0.29, 0.717) is 26.4 Å². The van der Waals surface area contributed by atoms with Crippen LogP contribution in [-0.2, 0) is 14.2 Å². The van der Waals surface area contributed by atoms with Crippen molar-refractivity contribution in [3.63, 3.8) is 0 Å². The molecular weight excluding hydrogens is 268 g/mol. The van der Waals surface area contributed by atoms with Crippen molar-refractivity contribution in [2.75, 3.05) is 33.5 Å². The normalized spacial score (nSPS) is 14.3. The maximum absolute atomic E-state index is 10.4. The van der Waals surface area contributed by atoms with E-state index in [1.54, 1.807) is 7.11 Å². The molecule has 0 saturated heterocycles. The van der Waals surface area contributed by atoms with Crippen LogP contribution < -0.4 is 0 Å². The molecule has 0 aliphatic heterocycles. The van der Waals surface area contributed by atoms with Crippen molar-refractivity contribution >= 4 is 0 Å². The van der Waals surface area contributed by atoms with E-state index < -0.39 is 6.10 Å². The lowest BCUT2D eigenvalue weighted by atomic mass is 9.96. The maximum atomic E-state index is 10.4. The van der Waals surface area contributed by atoms with Crippen molar-refractivity contribution in [1.29, 1.82) is 0 Å². The highest BCUT2D eigenvalue weighted by molar-refractivity contribution is 5.18. The predicted molar refractivity (Wildman–Crippen MR) is 83.3 cm³/mol. The molecule has 0 radical (unpaired) electrons. The highest BCUT2D eigenvalue weighted by atomic mass is 16.5. The van der Waals surface area contributed by atoms with Gasteiger partial charge in [-0.2, -0.15) is 0 Å². The van der Waals surface area contributed by atoms with E-state index in [1.165, 1.54) is 0 Å². The van der Waals surface area contributed by atoms with Crippen LogP contribution in [0.1, 0.15) is 31.9 Å². The molecule has 4 heteroatoms. The van der Waals surface area contributed by atoms with Crippen LogP contribution in [-0.4, -0.2) is 44.7 Å². The largest absolute Gasteiger partial charge is 0.386 e. The monoisotopic (exact) mass is 296 g/mol. The molecule has 2 atom stereocenters. The van der Waals surface area contributed by atoms with Crippen LogP contribution in [0.3, 0.4) is 0 Å². The Kier molecular flexibility index (Phi) is 9.26. The van der Waals surface area contributed by atoms with Gasteiger partial charge in [0.15, 0.2) is 0 Å². The minimum atomic E-state index is -0.611. The van der Waals surface area contributed by atoms with Crippen molar-refractivity contribution in [1.82, 2.24) is 0 Å². The zero-order valence-corrected chi connectivity index (χ0v) is 13.3. The van der Waals surface area contributed by atoms with Crippen molar-refractivity contribution in [2.24, 2.45) is 5.92 Å². The van der Waals surface area contributed by atoms with E-state index in [1.807, 2.05) is 30.3 Å². The third kappa shape index (κ3) is 7.05. The molecule has 0 heterocycles. The minimum absolute atomic E-state index is 0.227. The molecule has 0 bridgehead atoms. The molecule has 21 heavy (non-hydrogen) atoms. The summed E-state index contributed by atoms with van der Waals surface area (Å²) in [6.07, 6.45) is 0.0474. The molecule has 1 N–H and O–H groups in total. The van der Waals surface area contributed by atoms with E-state index in [2.05, 4.69) is 13.8 Å². The topological polar surface area (TPSA) is 47.9 Å². The minimum Gasteiger partial charge on any atom is -0.386 e. The van der Waals surface area contributed by atoms with Crippen molar-refractivity contribution < 1.29 is 19.3 Å². The third-order valence-corrected chi connectivity index (χ3v) is 3.28. The molecule has 0 fully saturated rings. The van der Waals surface area contributed by atoms with Gasteiger partial charge in [0.25, 0.3) is 0 Å². The summed E-state index contributed by atoms with van der Waals surface area (Å²) >= 11 is 0. The molecule has 0 amide bonds. The molecular formula is C17H28O4. The van der Waals surface area contributed by atoms with Crippen molar-refractivity contribution in [2.45, 2.75) is 32.5 Å². The van der Waals surface area contributed by atoms with Gasteiger partial charge in [-0.25, -0.2) is 0 Å². The summed E-state index contributed by atoms with van der Waals surface area (Å²) < 4.78 is 16.2. The lowest BCUT2D eigenvalue weighted by Gasteiger charge is -2.27. The van der Waals surface area contributed by atoms with Gasteiger partial charge in [-0.1, -0.05) is 44.2 Å². The van der Waals surface area contributed by atoms with E-state index in [-0.39, 0.29) is 12.0 Å². The molecule has 0 saturated carbocycles. The Morgan fingerprint density at radius 2 is 1.71 bits per heavy atom. The van der Waals surface area contributed by atoms with Gasteiger partial charge in [0.05, 0.1) is 19.3 Å². The van der Waals surface area contributed by atoms with E-state index >= 15 is 0 Å². The summed E-state index contributed by atoms with van der Waals surface area (Å²) in [6, 6.07) is 9.63. The summed E-state index contributed by atoms with van der Waals surface area (Å²) in [5.41, 5.74) is 0.886. The van der Waals surface area contributed by atoms with Crippen LogP contribution in [0, 0.1) is 5.92 Å². The van der Waals surface area contributed by atoms with Crippen LogP contribution in [0.15, 0.2) is 30.3 Å². The fraction of sp³-hybridized carbons (Fsp3) is 0.647. The average molecular weight is 296 g/mol. The molecule has 1 aromatic rings. The Morgan fingerprint density at radius 1 is 1.00 bits per heavy atom. The van der Waals surface area contributed by atoms with E-state index in [0.717, 1.165) is 12.0 Å². The summed E-state index contributed by atoms with van der Waals surface area (Å²) in [5.74, 6) is 0.230. The fourth-order valence-corrected chi connectivity index (χ4v) is 2.14. The molecule has 0 aromatic heterocycles. The first kappa shape index (κ1) is 18.1. The summed E-state index contributed by atoms with van der Waals surface area (Å²) in [4.78, 5) is 0. The number of rotatable bonds is 11. The molecule has 0 spiro atoms. The van der Waals surface area contributed by atoms with Gasteiger partial charge in [0, 0.05) is 20.3 Å². The number of benzene rings is 1. The van der Waals surface area contributed by atoms with Crippen LogP contribution >= 0.6 is 0 Å². The first-order valence-corrected chi connectivity index (χ1v) is 7.58. The zero-order valence-electron chi connectivity index (χ0n) is 13.3. The summed E-state index contributed by atoms with van der Waals surface area (Å²) in [5, 5.41) is 10.4. The Labute approximate surface area is 128 Å². The molecule has 2 unspecified atom stereocenters. The smallest absolute Gasteiger partial charge is 0.105 e. The number of hydrogen-bond acceptors (Lipinski definition) is 4.